The summed E-state index contributed by atoms with van der Waals surface area (Å²) in [6, 6.07) is 9.45. The van der Waals surface area contributed by atoms with Crippen molar-refractivity contribution in [2.45, 2.75) is 64.2 Å². The van der Waals surface area contributed by atoms with E-state index in [1.165, 1.54) is 0 Å². The second kappa shape index (κ2) is 8.29. The van der Waals surface area contributed by atoms with Crippen LogP contribution in [-0.2, 0) is 14.3 Å². The number of benzene rings is 1. The Bertz CT molecular complexity index is 545. The fourth-order valence-corrected chi connectivity index (χ4v) is 2.86. The van der Waals surface area contributed by atoms with Crippen molar-refractivity contribution in [2.75, 3.05) is 6.54 Å². The molecule has 0 heterocycles. The highest BCUT2D eigenvalue weighted by atomic mass is 16.5. The van der Waals surface area contributed by atoms with Crippen molar-refractivity contribution in [3.05, 3.63) is 35.9 Å². The molecule has 0 bridgehead atoms. The van der Waals surface area contributed by atoms with E-state index < -0.39 is 6.10 Å². The predicted molar refractivity (Wildman–Crippen MR) is 93.4 cm³/mol. The molecule has 1 aliphatic rings. The number of amides is 2. The van der Waals surface area contributed by atoms with E-state index in [2.05, 4.69) is 10.6 Å². The van der Waals surface area contributed by atoms with Crippen LogP contribution in [0.4, 0.5) is 0 Å². The maximum atomic E-state index is 12.6. The normalized spacial score (nSPS) is 16.6. The summed E-state index contributed by atoms with van der Waals surface area (Å²) in [5.74, 6) is -0.472. The topological polar surface area (TPSA) is 67.4 Å². The number of carbonyl (C=O) groups is 2. The molecule has 5 nitrogen and oxygen atoms in total. The number of hydrogen-bond acceptors (Lipinski definition) is 3. The Balaban J connectivity index is 1.98. The summed E-state index contributed by atoms with van der Waals surface area (Å²) in [5, 5.41) is 5.53. The molecule has 1 aromatic rings. The smallest absolute Gasteiger partial charge is 0.254 e. The molecule has 1 fully saturated rings. The summed E-state index contributed by atoms with van der Waals surface area (Å²) < 4.78 is 6.05. The lowest BCUT2D eigenvalue weighted by atomic mass is 10.1. The van der Waals surface area contributed by atoms with Gasteiger partial charge >= 0.3 is 0 Å². The fourth-order valence-electron chi connectivity index (χ4n) is 2.86. The first-order valence-corrected chi connectivity index (χ1v) is 8.64. The summed E-state index contributed by atoms with van der Waals surface area (Å²) >= 11 is 0. The second-order valence-electron chi connectivity index (χ2n) is 7.35. The van der Waals surface area contributed by atoms with E-state index in [1.807, 2.05) is 51.1 Å². The van der Waals surface area contributed by atoms with Gasteiger partial charge < -0.3 is 15.4 Å². The van der Waals surface area contributed by atoms with Crippen LogP contribution in [0.5, 0.6) is 0 Å². The lowest BCUT2D eigenvalue weighted by molar-refractivity contribution is -0.138. The molecule has 0 radical (unpaired) electrons. The summed E-state index contributed by atoms with van der Waals surface area (Å²) in [6.45, 7) is 5.67. The van der Waals surface area contributed by atoms with E-state index in [0.717, 1.165) is 31.2 Å². The molecule has 1 saturated carbocycles. The van der Waals surface area contributed by atoms with Crippen molar-refractivity contribution < 1.29 is 14.3 Å². The molecule has 2 rings (SSSR count). The fraction of sp³-hybridized carbons (Fsp3) is 0.579. The third-order valence-electron chi connectivity index (χ3n) is 3.91. The number of ether oxygens (including phenoxy) is 1. The third kappa shape index (κ3) is 5.96. The van der Waals surface area contributed by atoms with E-state index in [1.54, 1.807) is 0 Å². The predicted octanol–water partition coefficient (Wildman–Crippen LogP) is 2.72. The van der Waals surface area contributed by atoms with Gasteiger partial charge in [-0.25, -0.2) is 0 Å². The van der Waals surface area contributed by atoms with Gasteiger partial charge in [-0.3, -0.25) is 9.59 Å². The minimum Gasteiger partial charge on any atom is -0.360 e. The Kier molecular flexibility index (Phi) is 6.37. The standard InChI is InChI=1S/C19H28N2O3/c1-19(2,3)21-16(22)13-20-18(23)17(14-9-5-4-6-10-14)24-15-11-7-8-12-15/h4-6,9-10,15,17H,7-8,11-13H2,1-3H3,(H,20,23)(H,21,22)/t17-/m0/s1. The molecular weight excluding hydrogens is 304 g/mol. The zero-order chi connectivity index (χ0) is 17.6. The Morgan fingerprint density at radius 1 is 1.17 bits per heavy atom. The van der Waals surface area contributed by atoms with Crippen molar-refractivity contribution in [3.8, 4) is 0 Å². The van der Waals surface area contributed by atoms with Crippen LogP contribution in [0.1, 0.15) is 58.1 Å². The average Bonchev–Trinajstić information content (AvgIpc) is 3.02. The average molecular weight is 332 g/mol. The van der Waals surface area contributed by atoms with Gasteiger partial charge in [-0.2, -0.15) is 0 Å². The Labute approximate surface area is 144 Å². The minimum absolute atomic E-state index is 0.0482. The van der Waals surface area contributed by atoms with Crippen LogP contribution in [0.3, 0.4) is 0 Å². The van der Waals surface area contributed by atoms with Crippen LogP contribution >= 0.6 is 0 Å². The highest BCUT2D eigenvalue weighted by Gasteiger charge is 2.27. The van der Waals surface area contributed by atoms with Gasteiger partial charge in [0.15, 0.2) is 6.10 Å². The molecule has 132 valence electrons. The Hall–Kier alpha value is -1.88. The largest absolute Gasteiger partial charge is 0.360 e. The lowest BCUT2D eigenvalue weighted by Gasteiger charge is -2.23. The van der Waals surface area contributed by atoms with Crippen LogP contribution in [0, 0.1) is 0 Å². The highest BCUT2D eigenvalue weighted by molar-refractivity contribution is 5.87. The van der Waals surface area contributed by atoms with Crippen LogP contribution in [0.25, 0.3) is 0 Å². The summed E-state index contributed by atoms with van der Waals surface area (Å²) in [5.41, 5.74) is 0.499. The first-order chi connectivity index (χ1) is 11.3. The SMILES string of the molecule is CC(C)(C)NC(=O)CNC(=O)[C@@H](OC1CCCC1)c1ccccc1. The Morgan fingerprint density at radius 2 is 1.79 bits per heavy atom. The molecule has 0 aliphatic heterocycles. The van der Waals surface area contributed by atoms with Crippen LogP contribution < -0.4 is 10.6 Å². The van der Waals surface area contributed by atoms with Crippen molar-refractivity contribution in [1.29, 1.82) is 0 Å². The molecule has 1 aromatic carbocycles. The minimum atomic E-state index is -0.670. The Morgan fingerprint density at radius 3 is 2.38 bits per heavy atom. The summed E-state index contributed by atoms with van der Waals surface area (Å²) in [6.07, 6.45) is 3.70. The number of nitrogens with one attached hydrogen (secondary N) is 2. The lowest BCUT2D eigenvalue weighted by Crippen LogP contribution is -2.46. The van der Waals surface area contributed by atoms with Crippen LogP contribution in [-0.4, -0.2) is 30.0 Å². The van der Waals surface area contributed by atoms with Crippen molar-refractivity contribution in [1.82, 2.24) is 10.6 Å². The molecule has 24 heavy (non-hydrogen) atoms. The van der Waals surface area contributed by atoms with Crippen LogP contribution in [0.15, 0.2) is 30.3 Å². The monoisotopic (exact) mass is 332 g/mol. The molecule has 1 aliphatic carbocycles. The second-order valence-corrected chi connectivity index (χ2v) is 7.35. The van der Waals surface area contributed by atoms with E-state index in [4.69, 9.17) is 4.74 Å². The maximum Gasteiger partial charge on any atom is 0.254 e. The van der Waals surface area contributed by atoms with E-state index in [9.17, 15) is 9.59 Å². The molecule has 1 atom stereocenters. The van der Waals surface area contributed by atoms with Gasteiger partial charge in [-0.05, 0) is 39.2 Å². The van der Waals surface area contributed by atoms with E-state index in [-0.39, 0.29) is 30.0 Å². The summed E-state index contributed by atoms with van der Waals surface area (Å²) in [7, 11) is 0. The van der Waals surface area contributed by atoms with Gasteiger partial charge in [0.2, 0.25) is 5.91 Å². The zero-order valence-corrected chi connectivity index (χ0v) is 14.8. The highest BCUT2D eigenvalue weighted by Crippen LogP contribution is 2.28. The third-order valence-corrected chi connectivity index (χ3v) is 3.91. The van der Waals surface area contributed by atoms with Crippen molar-refractivity contribution in [3.63, 3.8) is 0 Å². The maximum absolute atomic E-state index is 12.6. The molecule has 0 unspecified atom stereocenters. The van der Waals surface area contributed by atoms with Gasteiger partial charge in [0.25, 0.3) is 5.91 Å². The molecule has 0 aromatic heterocycles. The van der Waals surface area contributed by atoms with E-state index in [0.29, 0.717) is 0 Å². The molecule has 0 spiro atoms. The molecule has 2 amide bonds. The van der Waals surface area contributed by atoms with E-state index >= 15 is 0 Å². The zero-order valence-electron chi connectivity index (χ0n) is 14.8. The molecule has 0 saturated heterocycles. The molecular formula is C19H28N2O3. The number of rotatable bonds is 6. The van der Waals surface area contributed by atoms with Gasteiger partial charge in [-0.15, -0.1) is 0 Å². The summed E-state index contributed by atoms with van der Waals surface area (Å²) in [4.78, 5) is 24.5. The van der Waals surface area contributed by atoms with Gasteiger partial charge in [0.05, 0.1) is 12.6 Å². The quantitative estimate of drug-likeness (QED) is 0.842. The van der Waals surface area contributed by atoms with Crippen LogP contribution in [0.2, 0.25) is 0 Å². The molecule has 5 heteroatoms. The van der Waals surface area contributed by atoms with Crippen molar-refractivity contribution in [2.24, 2.45) is 0 Å². The molecule has 2 N–H and O–H groups in total. The number of carbonyl (C=O) groups excluding carboxylic acids is 2. The number of hydrogen-bond donors (Lipinski definition) is 2. The van der Waals surface area contributed by atoms with Crippen molar-refractivity contribution >= 4 is 11.8 Å². The van der Waals surface area contributed by atoms with Gasteiger partial charge in [0.1, 0.15) is 0 Å². The first kappa shape index (κ1) is 18.5. The van der Waals surface area contributed by atoms with Gasteiger partial charge in [-0.1, -0.05) is 43.2 Å². The van der Waals surface area contributed by atoms with Gasteiger partial charge in [0, 0.05) is 5.54 Å². The first-order valence-electron chi connectivity index (χ1n) is 8.64.